The van der Waals surface area contributed by atoms with Crippen LogP contribution in [0.4, 0.5) is 0 Å². The van der Waals surface area contributed by atoms with Crippen molar-refractivity contribution in [3.63, 3.8) is 0 Å². The van der Waals surface area contributed by atoms with Gasteiger partial charge in [0, 0.05) is 6.54 Å². The van der Waals surface area contributed by atoms with Crippen LogP contribution >= 0.6 is 0 Å². The second kappa shape index (κ2) is 9.78. The highest BCUT2D eigenvalue weighted by molar-refractivity contribution is 5.81. The Kier molecular flexibility index (Phi) is 7.36. The van der Waals surface area contributed by atoms with Gasteiger partial charge in [0.25, 0.3) is 0 Å². The van der Waals surface area contributed by atoms with E-state index in [1.807, 2.05) is 37.3 Å². The van der Waals surface area contributed by atoms with Crippen LogP contribution in [0.15, 0.2) is 47.1 Å². The molecule has 0 radical (unpaired) electrons. The van der Waals surface area contributed by atoms with Gasteiger partial charge in [-0.15, -0.1) is 0 Å². The highest BCUT2D eigenvalue weighted by Crippen LogP contribution is 2.12. The number of carbonyl (C=O) groups is 1. The highest BCUT2D eigenvalue weighted by Gasteiger charge is 2.12. The fourth-order valence-corrected chi connectivity index (χ4v) is 2.14. The van der Waals surface area contributed by atoms with Gasteiger partial charge >= 0.3 is 0 Å². The molecule has 0 saturated carbocycles. The first-order chi connectivity index (χ1) is 11.7. The number of rotatable bonds is 10. The van der Waals surface area contributed by atoms with Crippen molar-refractivity contribution in [2.24, 2.45) is 0 Å². The van der Waals surface area contributed by atoms with Crippen LogP contribution in [-0.4, -0.2) is 18.6 Å². The molecule has 1 unspecified atom stereocenters. The second-order valence-corrected chi connectivity index (χ2v) is 5.75. The van der Waals surface area contributed by atoms with Crippen LogP contribution in [0.2, 0.25) is 0 Å². The van der Waals surface area contributed by atoms with E-state index in [0.717, 1.165) is 36.5 Å². The number of benzene rings is 1. The van der Waals surface area contributed by atoms with Crippen molar-refractivity contribution in [1.29, 1.82) is 0 Å². The summed E-state index contributed by atoms with van der Waals surface area (Å²) in [5.41, 5.74) is 1.11. The lowest BCUT2D eigenvalue weighted by Crippen LogP contribution is -2.41. The second-order valence-electron chi connectivity index (χ2n) is 5.75. The molecule has 0 aliphatic carbocycles. The van der Waals surface area contributed by atoms with Gasteiger partial charge in [0.2, 0.25) is 5.91 Å². The van der Waals surface area contributed by atoms with Crippen LogP contribution in [0.3, 0.4) is 0 Å². The van der Waals surface area contributed by atoms with Crippen molar-refractivity contribution in [3.8, 4) is 5.75 Å². The molecule has 5 nitrogen and oxygen atoms in total. The number of furan rings is 1. The van der Waals surface area contributed by atoms with E-state index in [9.17, 15) is 4.79 Å². The molecule has 0 bridgehead atoms. The average Bonchev–Trinajstić information content (AvgIpc) is 3.12. The van der Waals surface area contributed by atoms with Gasteiger partial charge in [-0.3, -0.25) is 4.79 Å². The number of ether oxygens (including phenoxy) is 1. The number of unbranched alkanes of at least 4 members (excludes halogenated alkanes) is 1. The molecular weight excluding hydrogens is 304 g/mol. The fourth-order valence-electron chi connectivity index (χ4n) is 2.14. The molecule has 2 N–H and O–H groups in total. The molecule has 1 heterocycles. The van der Waals surface area contributed by atoms with E-state index in [0.29, 0.717) is 13.1 Å². The molecule has 1 atom stereocenters. The minimum atomic E-state index is -0.277. The smallest absolute Gasteiger partial charge is 0.237 e. The van der Waals surface area contributed by atoms with Crippen molar-refractivity contribution in [2.75, 3.05) is 6.61 Å². The zero-order valence-corrected chi connectivity index (χ0v) is 14.4. The Hall–Kier alpha value is -2.27. The van der Waals surface area contributed by atoms with Gasteiger partial charge in [-0.1, -0.05) is 25.5 Å². The lowest BCUT2D eigenvalue weighted by Gasteiger charge is -2.14. The van der Waals surface area contributed by atoms with Crippen molar-refractivity contribution in [3.05, 3.63) is 54.0 Å². The number of amides is 1. The van der Waals surface area contributed by atoms with E-state index in [1.54, 1.807) is 12.3 Å². The Balaban J connectivity index is 1.70. The summed E-state index contributed by atoms with van der Waals surface area (Å²) in [6, 6.07) is 11.3. The summed E-state index contributed by atoms with van der Waals surface area (Å²) in [4.78, 5) is 12.0. The average molecular weight is 330 g/mol. The number of hydrogen-bond acceptors (Lipinski definition) is 4. The Bertz CT molecular complexity index is 594. The van der Waals surface area contributed by atoms with Crippen molar-refractivity contribution in [1.82, 2.24) is 10.6 Å². The zero-order valence-electron chi connectivity index (χ0n) is 14.4. The standard InChI is InChI=1S/C19H26N2O3/c1-3-4-11-23-17-9-7-16(8-10-17)13-20-15(2)19(22)21-14-18-6-5-12-24-18/h5-10,12,15,20H,3-4,11,13-14H2,1-2H3,(H,21,22). The SMILES string of the molecule is CCCCOc1ccc(CNC(C)C(=O)NCc2ccco2)cc1. The molecule has 130 valence electrons. The van der Waals surface area contributed by atoms with Crippen LogP contribution in [0, 0.1) is 0 Å². The molecule has 0 spiro atoms. The molecule has 0 fully saturated rings. The Morgan fingerprint density at radius 1 is 1.21 bits per heavy atom. The molecule has 1 aromatic heterocycles. The number of nitrogens with one attached hydrogen (secondary N) is 2. The maximum absolute atomic E-state index is 12.0. The van der Waals surface area contributed by atoms with E-state index in [-0.39, 0.29) is 11.9 Å². The summed E-state index contributed by atoms with van der Waals surface area (Å²) in [6.07, 6.45) is 3.79. The van der Waals surface area contributed by atoms with Crippen LogP contribution < -0.4 is 15.4 Å². The topological polar surface area (TPSA) is 63.5 Å². The van der Waals surface area contributed by atoms with Crippen LogP contribution in [0.5, 0.6) is 5.75 Å². The number of hydrogen-bond donors (Lipinski definition) is 2. The summed E-state index contributed by atoms with van der Waals surface area (Å²) < 4.78 is 10.8. The van der Waals surface area contributed by atoms with Gasteiger partial charge in [-0.25, -0.2) is 0 Å². The quantitative estimate of drug-likeness (QED) is 0.656. The van der Waals surface area contributed by atoms with E-state index in [1.165, 1.54) is 0 Å². The Labute approximate surface area is 143 Å². The van der Waals surface area contributed by atoms with Gasteiger partial charge in [0.15, 0.2) is 0 Å². The first-order valence-corrected chi connectivity index (χ1v) is 8.44. The minimum Gasteiger partial charge on any atom is -0.494 e. The third-order valence-electron chi connectivity index (χ3n) is 3.71. The maximum atomic E-state index is 12.0. The van der Waals surface area contributed by atoms with E-state index in [2.05, 4.69) is 17.6 Å². The van der Waals surface area contributed by atoms with Gasteiger partial charge in [0.1, 0.15) is 11.5 Å². The van der Waals surface area contributed by atoms with Gasteiger partial charge in [0.05, 0.1) is 25.5 Å². The fraction of sp³-hybridized carbons (Fsp3) is 0.421. The van der Waals surface area contributed by atoms with E-state index < -0.39 is 0 Å². The molecule has 1 amide bonds. The Morgan fingerprint density at radius 2 is 2.00 bits per heavy atom. The van der Waals surface area contributed by atoms with Crippen LogP contribution in [0.1, 0.15) is 38.0 Å². The van der Waals surface area contributed by atoms with Gasteiger partial charge < -0.3 is 19.8 Å². The van der Waals surface area contributed by atoms with Gasteiger partial charge in [-0.05, 0) is 43.2 Å². The molecule has 1 aromatic carbocycles. The summed E-state index contributed by atoms with van der Waals surface area (Å²) >= 11 is 0. The lowest BCUT2D eigenvalue weighted by atomic mass is 10.2. The molecule has 24 heavy (non-hydrogen) atoms. The van der Waals surface area contributed by atoms with Crippen molar-refractivity contribution >= 4 is 5.91 Å². The van der Waals surface area contributed by atoms with Crippen LogP contribution in [0.25, 0.3) is 0 Å². The summed E-state index contributed by atoms with van der Waals surface area (Å²) in [5, 5.41) is 6.06. The first kappa shape index (κ1) is 18.1. The monoisotopic (exact) mass is 330 g/mol. The third kappa shape index (κ3) is 6.08. The predicted molar refractivity (Wildman–Crippen MR) is 93.7 cm³/mol. The van der Waals surface area contributed by atoms with Crippen LogP contribution in [-0.2, 0) is 17.9 Å². The molecular formula is C19H26N2O3. The van der Waals surface area contributed by atoms with Gasteiger partial charge in [-0.2, -0.15) is 0 Å². The normalized spacial score (nSPS) is 11.9. The number of carbonyl (C=O) groups excluding carboxylic acids is 1. The zero-order chi connectivity index (χ0) is 17.2. The summed E-state index contributed by atoms with van der Waals surface area (Å²) in [6.45, 7) is 5.77. The molecule has 0 aliphatic heterocycles. The minimum absolute atomic E-state index is 0.0501. The molecule has 0 aliphatic rings. The maximum Gasteiger partial charge on any atom is 0.237 e. The van der Waals surface area contributed by atoms with E-state index >= 15 is 0 Å². The Morgan fingerprint density at radius 3 is 2.67 bits per heavy atom. The predicted octanol–water partition coefficient (Wildman–Crippen LogP) is 3.25. The van der Waals surface area contributed by atoms with Crippen molar-refractivity contribution in [2.45, 2.75) is 45.8 Å². The lowest BCUT2D eigenvalue weighted by molar-refractivity contribution is -0.123. The molecule has 5 heteroatoms. The van der Waals surface area contributed by atoms with E-state index in [4.69, 9.17) is 9.15 Å². The highest BCUT2D eigenvalue weighted by atomic mass is 16.5. The molecule has 2 rings (SSSR count). The largest absolute Gasteiger partial charge is 0.494 e. The summed E-state index contributed by atoms with van der Waals surface area (Å²) in [7, 11) is 0. The molecule has 2 aromatic rings. The van der Waals surface area contributed by atoms with Crippen molar-refractivity contribution < 1.29 is 13.9 Å². The molecule has 0 saturated heterocycles. The first-order valence-electron chi connectivity index (χ1n) is 8.44. The third-order valence-corrected chi connectivity index (χ3v) is 3.71. The summed E-state index contributed by atoms with van der Waals surface area (Å²) in [5.74, 6) is 1.58.